The van der Waals surface area contributed by atoms with Gasteiger partial charge in [-0.3, -0.25) is 15.2 Å². The molecule has 1 aliphatic heterocycles. The minimum absolute atomic E-state index is 0. The molecule has 0 aliphatic carbocycles. The van der Waals surface area contributed by atoms with Crippen LogP contribution in [0.5, 0.6) is 0 Å². The number of hydrogen-bond acceptors (Lipinski definition) is 7. The summed E-state index contributed by atoms with van der Waals surface area (Å²) in [5, 5.41) is 26.4. The van der Waals surface area contributed by atoms with Gasteiger partial charge in [0.15, 0.2) is 6.19 Å². The Morgan fingerprint density at radius 2 is 1.38 bits per heavy atom. The quantitative estimate of drug-likeness (QED) is 0.0924. The van der Waals surface area contributed by atoms with Crippen molar-refractivity contribution >= 4 is 18.0 Å². The van der Waals surface area contributed by atoms with Crippen LogP contribution < -0.4 is 38.5 Å². The molecule has 0 atom stereocenters. The number of aliphatic imine (C=N–C) groups is 1. The van der Waals surface area contributed by atoms with Gasteiger partial charge in [0.25, 0.3) is 0 Å². The van der Waals surface area contributed by atoms with E-state index in [1.165, 1.54) is 6.42 Å². The summed E-state index contributed by atoms with van der Waals surface area (Å²) in [6.45, 7) is 28.5. The number of rotatable bonds is 7. The molecule has 254 valence electrons. The van der Waals surface area contributed by atoms with E-state index in [0.717, 1.165) is 6.54 Å². The standard InChI is InChI=1S/C7H15N3O.C6H12N4.C5H12N2O.C4H10O.C3H9N.C3H8.CH4/c1-6(2)3-10-4-8-7(11)9-5-10;1-5(2)3-9-6(8)10-4-7;1-4(2)3-7-5(6)8;1-4(2)3-5;1-3(2)4;1-3-2;/h6H,3-5H2,1-2H3,(H2,8,9,11);5H,3H2,1-2H3,(H3,8,9,10);4H,3H2,1-2H3,(H3,6,7,8);4-5H,3H2,1-2H3;3H,4H2,1-2H3;3H2,1-2H3;1H4. The molecule has 1 saturated heterocycles. The molecular formula is C29H70N10O3. The fraction of sp³-hybridized carbons (Fsp3) is 0.862. The summed E-state index contributed by atoms with van der Waals surface area (Å²) in [6, 6.07) is -0.177. The highest BCUT2D eigenvalue weighted by molar-refractivity contribution is 5.79. The second-order valence-corrected chi connectivity index (χ2v) is 11.3. The van der Waals surface area contributed by atoms with Crippen molar-refractivity contribution in [3.63, 3.8) is 0 Å². The van der Waals surface area contributed by atoms with Gasteiger partial charge in [-0.25, -0.2) is 9.59 Å². The summed E-state index contributed by atoms with van der Waals surface area (Å²) < 4.78 is 0. The molecule has 13 nitrogen and oxygen atoms in total. The molecule has 0 saturated carbocycles. The Morgan fingerprint density at radius 1 is 0.976 bits per heavy atom. The van der Waals surface area contributed by atoms with Crippen LogP contribution in [0.25, 0.3) is 0 Å². The van der Waals surface area contributed by atoms with Gasteiger partial charge < -0.3 is 38.3 Å². The highest BCUT2D eigenvalue weighted by Crippen LogP contribution is 1.97. The van der Waals surface area contributed by atoms with Gasteiger partial charge in [-0.15, -0.1) is 0 Å². The summed E-state index contributed by atoms with van der Waals surface area (Å²) in [7, 11) is 0. The molecule has 0 aromatic rings. The molecule has 1 fully saturated rings. The average Bonchev–Trinajstić information content (AvgIpc) is 2.84. The van der Waals surface area contributed by atoms with Crippen LogP contribution in [0, 0.1) is 35.1 Å². The molecule has 0 bridgehead atoms. The lowest BCUT2D eigenvalue weighted by molar-refractivity contribution is 0.171. The molecule has 1 heterocycles. The first-order valence-corrected chi connectivity index (χ1v) is 14.5. The van der Waals surface area contributed by atoms with E-state index >= 15 is 0 Å². The zero-order valence-electron chi connectivity index (χ0n) is 28.2. The maximum Gasteiger partial charge on any atom is 0.316 e. The monoisotopic (exact) mass is 607 g/mol. The first-order valence-electron chi connectivity index (χ1n) is 14.5. The van der Waals surface area contributed by atoms with E-state index in [9.17, 15) is 9.59 Å². The molecule has 0 aromatic carbocycles. The molecule has 1 aliphatic rings. The second-order valence-electron chi connectivity index (χ2n) is 11.3. The average molecular weight is 607 g/mol. The van der Waals surface area contributed by atoms with Crippen LogP contribution in [0.1, 0.15) is 96.9 Å². The predicted molar refractivity (Wildman–Crippen MR) is 179 cm³/mol. The van der Waals surface area contributed by atoms with Crippen LogP contribution in [-0.2, 0) is 0 Å². The number of primary amides is 1. The zero-order valence-corrected chi connectivity index (χ0v) is 28.2. The fourth-order valence-corrected chi connectivity index (χ4v) is 1.81. The van der Waals surface area contributed by atoms with E-state index < -0.39 is 6.03 Å². The van der Waals surface area contributed by atoms with Gasteiger partial charge in [0, 0.05) is 26.2 Å². The zero-order chi connectivity index (χ0) is 33.4. The molecule has 11 N–H and O–H groups in total. The van der Waals surface area contributed by atoms with Crippen molar-refractivity contribution in [2.75, 3.05) is 39.6 Å². The van der Waals surface area contributed by atoms with Gasteiger partial charge in [0.2, 0.25) is 5.96 Å². The largest absolute Gasteiger partial charge is 0.396 e. The second kappa shape index (κ2) is 38.2. The molecule has 0 aromatic heterocycles. The summed E-state index contributed by atoms with van der Waals surface area (Å²) in [5.74, 6) is 2.22. The fourth-order valence-electron chi connectivity index (χ4n) is 1.81. The van der Waals surface area contributed by atoms with Crippen molar-refractivity contribution in [3.05, 3.63) is 0 Å². The number of urea groups is 2. The number of carbonyl (C=O) groups excluding carboxylic acids is 2. The van der Waals surface area contributed by atoms with Gasteiger partial charge in [0.1, 0.15) is 0 Å². The van der Waals surface area contributed by atoms with Gasteiger partial charge in [0.05, 0.1) is 13.3 Å². The lowest BCUT2D eigenvalue weighted by Crippen LogP contribution is -2.54. The maximum atomic E-state index is 10.6. The van der Waals surface area contributed by atoms with Crippen LogP contribution in [0.2, 0.25) is 0 Å². The minimum Gasteiger partial charge on any atom is -0.396 e. The Morgan fingerprint density at radius 3 is 1.62 bits per heavy atom. The van der Waals surface area contributed by atoms with Crippen LogP contribution in [0.15, 0.2) is 4.99 Å². The molecule has 0 unspecified atom stereocenters. The van der Waals surface area contributed by atoms with Gasteiger partial charge in [-0.1, -0.05) is 96.9 Å². The topological polar surface area (TPSA) is 220 Å². The number of guanidine groups is 1. The van der Waals surface area contributed by atoms with Gasteiger partial charge >= 0.3 is 12.1 Å². The lowest BCUT2D eigenvalue weighted by atomic mass is 10.2. The Kier molecular flexibility index (Phi) is 47.2. The number of nitrogens with one attached hydrogen (secondary N) is 4. The molecule has 0 radical (unpaired) electrons. The number of nitrogens with two attached hydrogens (primary N) is 3. The van der Waals surface area contributed by atoms with E-state index in [4.69, 9.17) is 27.6 Å². The van der Waals surface area contributed by atoms with Gasteiger partial charge in [-0.2, -0.15) is 5.26 Å². The Labute approximate surface area is 258 Å². The summed E-state index contributed by atoms with van der Waals surface area (Å²) in [6.07, 6.45) is 2.94. The molecule has 42 heavy (non-hydrogen) atoms. The molecule has 4 amide bonds. The van der Waals surface area contributed by atoms with E-state index in [-0.39, 0.29) is 19.4 Å². The predicted octanol–water partition coefficient (Wildman–Crippen LogP) is 3.55. The minimum atomic E-state index is -0.446. The van der Waals surface area contributed by atoms with E-state index in [0.29, 0.717) is 62.7 Å². The van der Waals surface area contributed by atoms with Crippen molar-refractivity contribution in [3.8, 4) is 6.19 Å². The van der Waals surface area contributed by atoms with Crippen molar-refractivity contribution in [2.45, 2.75) is 103 Å². The summed E-state index contributed by atoms with van der Waals surface area (Å²) >= 11 is 0. The van der Waals surface area contributed by atoms with E-state index in [1.54, 1.807) is 6.19 Å². The normalized spacial score (nSPS) is 12.0. The van der Waals surface area contributed by atoms with Crippen molar-refractivity contribution in [1.29, 1.82) is 5.26 Å². The molecule has 0 spiro atoms. The van der Waals surface area contributed by atoms with Crippen LogP contribution in [0.4, 0.5) is 9.59 Å². The number of aliphatic hydroxyl groups excluding tert-OH is 1. The SMILES string of the molecule is C.CC(C)CN1CNC(=O)NC1.CC(C)CN=C(N)NC#N.CC(C)CNC(N)=O.CC(C)CO.CC(C)N.CCC. The van der Waals surface area contributed by atoms with E-state index in [1.807, 2.05) is 55.4 Å². The molecule has 13 heteroatoms. The Bertz CT molecular complexity index is 637. The van der Waals surface area contributed by atoms with Gasteiger partial charge in [-0.05, 0) is 29.7 Å². The molecule has 1 rings (SSSR count). The third kappa shape index (κ3) is 71.0. The van der Waals surface area contributed by atoms with Crippen LogP contribution in [-0.4, -0.2) is 73.6 Å². The smallest absolute Gasteiger partial charge is 0.316 e. The first-order chi connectivity index (χ1) is 18.9. The number of aliphatic hydroxyl groups is 1. The third-order valence-corrected chi connectivity index (χ3v) is 3.41. The van der Waals surface area contributed by atoms with Crippen LogP contribution in [0.3, 0.4) is 0 Å². The van der Waals surface area contributed by atoms with Crippen molar-refractivity contribution in [2.24, 2.45) is 45.9 Å². The lowest BCUT2D eigenvalue weighted by Gasteiger charge is -2.28. The maximum absolute atomic E-state index is 10.6. The number of hydrogen-bond donors (Lipinski definition) is 8. The van der Waals surface area contributed by atoms with Crippen LogP contribution >= 0.6 is 0 Å². The van der Waals surface area contributed by atoms with Crippen molar-refractivity contribution < 1.29 is 14.7 Å². The number of nitriles is 1. The first kappa shape index (κ1) is 51.9. The summed E-state index contributed by atoms with van der Waals surface area (Å²) in [5.41, 5.74) is 15.2. The van der Waals surface area contributed by atoms with Crippen molar-refractivity contribution in [1.82, 2.24) is 26.2 Å². The Hall–Kier alpha value is -2.82. The van der Waals surface area contributed by atoms with E-state index in [2.05, 4.69) is 58.9 Å². The third-order valence-electron chi connectivity index (χ3n) is 3.41. The number of nitrogens with zero attached hydrogens (tertiary/aromatic N) is 3. The number of amides is 4. The highest BCUT2D eigenvalue weighted by Gasteiger charge is 2.13. The number of carbonyl (C=O) groups is 2. The summed E-state index contributed by atoms with van der Waals surface area (Å²) in [4.78, 5) is 26.7. The molecular weight excluding hydrogens is 536 g/mol. The Balaban J connectivity index is -0.0000000972. The highest BCUT2D eigenvalue weighted by atomic mass is 16.3.